The molecule has 0 bridgehead atoms. The molecule has 1 fully saturated rings. The molecule has 0 spiro atoms. The van der Waals surface area contributed by atoms with Gasteiger partial charge in [-0.1, -0.05) is 6.07 Å². The monoisotopic (exact) mass is 460 g/mol. The number of benzene rings is 2. The van der Waals surface area contributed by atoms with Crippen molar-refractivity contribution in [3.63, 3.8) is 0 Å². The second-order valence-corrected chi connectivity index (χ2v) is 9.19. The summed E-state index contributed by atoms with van der Waals surface area (Å²) in [6, 6.07) is 8.42. The smallest absolute Gasteiger partial charge is 0.255 e. The van der Waals surface area contributed by atoms with Crippen LogP contribution in [0.1, 0.15) is 21.7 Å². The largest absolute Gasteiger partial charge is 0.379 e. The first kappa shape index (κ1) is 22.0. The van der Waals surface area contributed by atoms with Crippen LogP contribution in [0.15, 0.2) is 41.3 Å². The number of carbonyl (C=O) groups is 1. The van der Waals surface area contributed by atoms with Gasteiger partial charge in [-0.3, -0.25) is 4.79 Å². The SMILES string of the molecule is Cc1ccc(S(=O)(=O)N2CCOCC2)cc1C(=O)Nc1ccc(F)c(-n2nnnc2C)c1. The molecule has 1 N–H and O–H groups in total. The molecular formula is C20H21FN6O4S. The lowest BCUT2D eigenvalue weighted by molar-refractivity contribution is 0.0730. The van der Waals surface area contributed by atoms with Crippen molar-refractivity contribution in [2.75, 3.05) is 31.6 Å². The Balaban J connectivity index is 1.62. The number of morpholine rings is 1. The van der Waals surface area contributed by atoms with Gasteiger partial charge in [-0.25, -0.2) is 12.8 Å². The molecule has 1 amide bonds. The summed E-state index contributed by atoms with van der Waals surface area (Å²) in [4.78, 5) is 13.0. The Morgan fingerprint density at radius 1 is 1.12 bits per heavy atom. The molecule has 32 heavy (non-hydrogen) atoms. The Bertz CT molecular complexity index is 1270. The fourth-order valence-electron chi connectivity index (χ4n) is 3.35. The lowest BCUT2D eigenvalue weighted by Crippen LogP contribution is -2.40. The average molecular weight is 460 g/mol. The number of aryl methyl sites for hydroxylation is 2. The highest BCUT2D eigenvalue weighted by Gasteiger charge is 2.27. The summed E-state index contributed by atoms with van der Waals surface area (Å²) in [5.74, 6) is -0.704. The molecule has 0 unspecified atom stereocenters. The maximum absolute atomic E-state index is 14.3. The van der Waals surface area contributed by atoms with Gasteiger partial charge in [0.2, 0.25) is 10.0 Å². The van der Waals surface area contributed by atoms with E-state index in [0.29, 0.717) is 30.3 Å². The summed E-state index contributed by atoms with van der Waals surface area (Å²) in [5.41, 5.74) is 1.18. The van der Waals surface area contributed by atoms with E-state index in [2.05, 4.69) is 20.8 Å². The first-order valence-electron chi connectivity index (χ1n) is 9.82. The number of anilines is 1. The van der Waals surface area contributed by atoms with Crippen molar-refractivity contribution >= 4 is 21.6 Å². The standard InChI is InChI=1S/C20H21FN6O4S/c1-13-3-5-16(32(29,30)26-7-9-31-10-8-26)12-17(13)20(28)22-15-4-6-18(21)19(11-15)27-14(2)23-24-25-27/h3-6,11-12H,7-10H2,1-2H3,(H,22,28). The van der Waals surface area contributed by atoms with Crippen molar-refractivity contribution in [2.45, 2.75) is 18.7 Å². The van der Waals surface area contributed by atoms with Gasteiger partial charge in [0.15, 0.2) is 5.82 Å². The van der Waals surface area contributed by atoms with Gasteiger partial charge in [0.25, 0.3) is 5.91 Å². The number of aromatic nitrogens is 4. The number of tetrazole rings is 1. The number of sulfonamides is 1. The number of carbonyl (C=O) groups excluding carboxylic acids is 1. The predicted octanol–water partition coefficient (Wildman–Crippen LogP) is 1.69. The number of amides is 1. The third-order valence-corrected chi connectivity index (χ3v) is 7.01. The van der Waals surface area contributed by atoms with E-state index in [9.17, 15) is 17.6 Å². The van der Waals surface area contributed by atoms with Gasteiger partial charge in [-0.2, -0.15) is 8.99 Å². The van der Waals surface area contributed by atoms with Crippen LogP contribution in [0.25, 0.3) is 5.69 Å². The molecule has 0 saturated carbocycles. The van der Waals surface area contributed by atoms with Crippen molar-refractivity contribution in [1.29, 1.82) is 0 Å². The Hall–Kier alpha value is -3.22. The Labute approximate surface area is 184 Å². The van der Waals surface area contributed by atoms with Crippen LogP contribution in [-0.4, -0.2) is 65.1 Å². The number of halogens is 1. The van der Waals surface area contributed by atoms with Crippen molar-refractivity contribution < 1.29 is 22.3 Å². The van der Waals surface area contributed by atoms with Crippen molar-refractivity contribution in [3.05, 3.63) is 59.2 Å². The van der Waals surface area contributed by atoms with Gasteiger partial charge < -0.3 is 10.1 Å². The minimum atomic E-state index is -3.76. The molecule has 2 aromatic carbocycles. The second kappa shape index (κ2) is 8.73. The van der Waals surface area contributed by atoms with Crippen LogP contribution in [0.2, 0.25) is 0 Å². The van der Waals surface area contributed by atoms with Crippen molar-refractivity contribution in [1.82, 2.24) is 24.5 Å². The van der Waals surface area contributed by atoms with Crippen LogP contribution in [0, 0.1) is 19.7 Å². The highest BCUT2D eigenvalue weighted by molar-refractivity contribution is 7.89. The summed E-state index contributed by atoms with van der Waals surface area (Å²) in [7, 11) is -3.76. The summed E-state index contributed by atoms with van der Waals surface area (Å²) in [6.07, 6.45) is 0. The van der Waals surface area contributed by atoms with Crippen molar-refractivity contribution in [2.24, 2.45) is 0 Å². The fourth-order valence-corrected chi connectivity index (χ4v) is 4.78. The molecule has 12 heteroatoms. The number of nitrogens with zero attached hydrogens (tertiary/aromatic N) is 5. The molecule has 3 aromatic rings. The van der Waals surface area contributed by atoms with E-state index in [1.807, 2.05) is 0 Å². The van der Waals surface area contributed by atoms with E-state index >= 15 is 0 Å². The first-order chi connectivity index (χ1) is 15.3. The van der Waals surface area contributed by atoms with Crippen molar-refractivity contribution in [3.8, 4) is 5.69 Å². The lowest BCUT2D eigenvalue weighted by atomic mass is 10.1. The fraction of sp³-hybridized carbons (Fsp3) is 0.300. The molecule has 1 saturated heterocycles. The van der Waals surface area contributed by atoms with Crippen LogP contribution in [0.3, 0.4) is 0 Å². The van der Waals surface area contributed by atoms with Gasteiger partial charge in [0.05, 0.1) is 18.1 Å². The van der Waals surface area contributed by atoms with Crippen LogP contribution in [0.4, 0.5) is 10.1 Å². The van der Waals surface area contributed by atoms with E-state index in [1.165, 1.54) is 39.3 Å². The summed E-state index contributed by atoms with van der Waals surface area (Å²) in [6.45, 7) is 4.49. The molecule has 0 aliphatic carbocycles. The molecule has 0 radical (unpaired) electrons. The Kier molecular flexibility index (Phi) is 6.00. The minimum absolute atomic E-state index is 0.0271. The normalized spacial score (nSPS) is 15.0. The summed E-state index contributed by atoms with van der Waals surface area (Å²) < 4.78 is 48.0. The van der Waals surface area contributed by atoms with Gasteiger partial charge in [-0.15, -0.1) is 5.10 Å². The Morgan fingerprint density at radius 2 is 1.88 bits per heavy atom. The minimum Gasteiger partial charge on any atom is -0.379 e. The second-order valence-electron chi connectivity index (χ2n) is 7.25. The highest BCUT2D eigenvalue weighted by Crippen LogP contribution is 2.23. The lowest BCUT2D eigenvalue weighted by Gasteiger charge is -2.26. The van der Waals surface area contributed by atoms with E-state index in [0.717, 1.165) is 0 Å². The predicted molar refractivity (Wildman–Crippen MR) is 113 cm³/mol. The zero-order valence-electron chi connectivity index (χ0n) is 17.4. The third-order valence-electron chi connectivity index (χ3n) is 5.12. The molecule has 1 aliphatic rings. The van der Waals surface area contributed by atoms with Gasteiger partial charge in [0, 0.05) is 24.3 Å². The van der Waals surface area contributed by atoms with Crippen LogP contribution >= 0.6 is 0 Å². The van der Waals surface area contributed by atoms with Gasteiger partial charge >= 0.3 is 0 Å². The van der Waals surface area contributed by atoms with Crippen LogP contribution in [0.5, 0.6) is 0 Å². The number of hydrogen-bond donors (Lipinski definition) is 1. The number of hydrogen-bond acceptors (Lipinski definition) is 7. The topological polar surface area (TPSA) is 119 Å². The van der Waals surface area contributed by atoms with Crippen LogP contribution in [-0.2, 0) is 14.8 Å². The van der Waals surface area contributed by atoms with Gasteiger partial charge in [-0.05, 0) is 60.2 Å². The zero-order chi connectivity index (χ0) is 22.9. The zero-order valence-corrected chi connectivity index (χ0v) is 18.3. The average Bonchev–Trinajstić information content (AvgIpc) is 3.21. The molecule has 10 nitrogen and oxygen atoms in total. The molecule has 2 heterocycles. The maximum atomic E-state index is 14.3. The number of nitrogens with one attached hydrogen (secondary N) is 1. The number of rotatable bonds is 5. The van der Waals surface area contributed by atoms with Gasteiger partial charge in [0.1, 0.15) is 11.5 Å². The molecular weight excluding hydrogens is 439 g/mol. The van der Waals surface area contributed by atoms with E-state index < -0.39 is 21.7 Å². The van der Waals surface area contributed by atoms with E-state index in [1.54, 1.807) is 19.9 Å². The van der Waals surface area contributed by atoms with E-state index in [-0.39, 0.29) is 29.2 Å². The summed E-state index contributed by atoms with van der Waals surface area (Å²) in [5, 5.41) is 13.7. The maximum Gasteiger partial charge on any atom is 0.255 e. The Morgan fingerprint density at radius 3 is 2.56 bits per heavy atom. The number of ether oxygens (including phenoxy) is 1. The molecule has 168 valence electrons. The molecule has 1 aromatic heterocycles. The highest BCUT2D eigenvalue weighted by atomic mass is 32.2. The molecule has 4 rings (SSSR count). The third kappa shape index (κ3) is 4.24. The molecule has 0 atom stereocenters. The van der Waals surface area contributed by atoms with E-state index in [4.69, 9.17) is 4.74 Å². The summed E-state index contributed by atoms with van der Waals surface area (Å²) >= 11 is 0. The quantitative estimate of drug-likeness (QED) is 0.615. The van der Waals surface area contributed by atoms with Crippen LogP contribution < -0.4 is 5.32 Å². The first-order valence-corrected chi connectivity index (χ1v) is 11.3. The molecule has 1 aliphatic heterocycles.